The summed E-state index contributed by atoms with van der Waals surface area (Å²) in [6.07, 6.45) is 20.7. The number of anilines is 2. The molecule has 59 heavy (non-hydrogen) atoms. The maximum atomic E-state index is 12.6. The van der Waals surface area contributed by atoms with E-state index in [4.69, 9.17) is 19.5 Å². The third kappa shape index (κ3) is 9.77. The molecule has 0 aromatic carbocycles. The normalized spacial score (nSPS) is 31.6. The lowest BCUT2D eigenvalue weighted by molar-refractivity contribution is -0.149. The molecular weight excluding hydrogens is 749 g/mol. The molecule has 8 aliphatic rings. The molecule has 15 nitrogen and oxygen atoms in total. The molecule has 4 bridgehead atoms. The fourth-order valence-corrected chi connectivity index (χ4v) is 11.6. The van der Waals surface area contributed by atoms with E-state index < -0.39 is 0 Å². The minimum Gasteiger partial charge on any atom is -0.466 e. The summed E-state index contributed by atoms with van der Waals surface area (Å²) in [4.78, 5) is 43.5. The Morgan fingerprint density at radius 1 is 0.678 bits per heavy atom. The first kappa shape index (κ1) is 42.4. The molecule has 15 heteroatoms. The van der Waals surface area contributed by atoms with E-state index in [-0.39, 0.29) is 28.9 Å². The lowest BCUT2D eigenvalue weighted by Crippen LogP contribution is -2.55. The Morgan fingerprint density at radius 2 is 1.08 bits per heavy atom. The third-order valence-corrected chi connectivity index (χ3v) is 15.4. The van der Waals surface area contributed by atoms with Gasteiger partial charge in [-0.2, -0.15) is 9.97 Å². The van der Waals surface area contributed by atoms with E-state index in [1.54, 1.807) is 0 Å². The molecule has 0 spiro atoms. The molecular formula is C44H72N10O5. The Morgan fingerprint density at radius 3 is 1.41 bits per heavy atom. The summed E-state index contributed by atoms with van der Waals surface area (Å²) in [7, 11) is 0. The number of hydrogen-bond donors (Lipinski definition) is 2. The maximum Gasteiger partial charge on any atom is 0.324 e. The summed E-state index contributed by atoms with van der Waals surface area (Å²) < 4.78 is 16.1. The molecule has 4 unspecified atom stereocenters. The van der Waals surface area contributed by atoms with Crippen LogP contribution in [0.5, 0.6) is 0 Å². The van der Waals surface area contributed by atoms with E-state index in [2.05, 4.69) is 59.0 Å². The highest BCUT2D eigenvalue weighted by atomic mass is 16.5. The van der Waals surface area contributed by atoms with Crippen molar-refractivity contribution in [3.63, 3.8) is 0 Å². The van der Waals surface area contributed by atoms with Crippen molar-refractivity contribution in [1.82, 2.24) is 35.4 Å². The van der Waals surface area contributed by atoms with E-state index in [1.165, 1.54) is 64.2 Å². The number of carbonyl (C=O) groups is 2. The number of amides is 1. The van der Waals surface area contributed by atoms with Gasteiger partial charge in [0.1, 0.15) is 0 Å². The van der Waals surface area contributed by atoms with Gasteiger partial charge in [-0.3, -0.25) is 9.59 Å². The van der Waals surface area contributed by atoms with Crippen molar-refractivity contribution >= 4 is 23.9 Å². The number of esters is 1. The lowest BCUT2D eigenvalue weighted by Gasteiger charge is -2.45. The minimum absolute atomic E-state index is 0.0104. The molecule has 8 heterocycles. The van der Waals surface area contributed by atoms with Crippen LogP contribution in [0, 0.1) is 25.7 Å². The summed E-state index contributed by atoms with van der Waals surface area (Å²) in [5.41, 5.74) is 5.92. The number of likely N-dealkylation sites (tertiary alicyclic amines) is 2. The van der Waals surface area contributed by atoms with Crippen LogP contribution in [-0.2, 0) is 14.3 Å². The van der Waals surface area contributed by atoms with E-state index in [0.29, 0.717) is 72.4 Å². The Labute approximate surface area is 351 Å². The van der Waals surface area contributed by atoms with Gasteiger partial charge >= 0.3 is 18.0 Å². The topological polar surface area (TPSA) is 172 Å². The lowest BCUT2D eigenvalue weighted by atomic mass is 9.78. The second kappa shape index (κ2) is 18.0. The Bertz CT molecular complexity index is 1680. The number of aromatic nitrogens is 4. The monoisotopic (exact) mass is 821 g/mol. The third-order valence-electron chi connectivity index (χ3n) is 15.4. The standard InChI is InChI=1S/C21H33N5O2.C18H28N4O3.C5H11N/c1-14-22-20(28-24-14)26-16-4-5-17(26)13-18(12-16)25-10-6-15(7-11-25)19(27)23-21(2)8-3-9-21;1-3-24-17(23)13-6-8-21(9-7-13)16-10-14-4-5-15(11-16)22(14)18-19-12(2)20-25-18;1-5(6)3-2-4-5/h15-18H,3-13H2,1-2H3,(H,23,27);13-16H,3-11H2,1-2H3;2-4,6H2,1H3. The quantitative estimate of drug-likeness (QED) is 0.311. The van der Waals surface area contributed by atoms with Crippen LogP contribution >= 0.6 is 0 Å². The van der Waals surface area contributed by atoms with Gasteiger partial charge in [-0.05, 0) is 176 Å². The summed E-state index contributed by atoms with van der Waals surface area (Å²) in [5.74, 6) is 2.00. The predicted octanol–water partition coefficient (Wildman–Crippen LogP) is 5.69. The minimum atomic E-state index is -0.0104. The number of nitrogens with one attached hydrogen (secondary N) is 1. The van der Waals surface area contributed by atoms with Gasteiger partial charge in [0.2, 0.25) is 5.91 Å². The SMILES string of the molecule is CC1(N)CCC1.CCOC(=O)C1CCN(C2CC3CCC(C2)N3c2nc(C)no2)CC1.Cc1noc(N2C3CCC2CC(N2CCC(C(=O)NC4(C)CCC4)CC2)C3)n1. The van der Waals surface area contributed by atoms with Crippen LogP contribution in [0.3, 0.4) is 0 Å². The molecule has 2 aromatic heterocycles. The number of rotatable bonds is 8. The van der Waals surface area contributed by atoms with Crippen molar-refractivity contribution < 1.29 is 23.4 Å². The van der Waals surface area contributed by atoms with E-state index >= 15 is 0 Å². The fourth-order valence-electron chi connectivity index (χ4n) is 11.6. The number of nitrogens with two attached hydrogens (primary N) is 1. The maximum absolute atomic E-state index is 12.6. The molecule has 6 saturated heterocycles. The number of aryl methyl sites for hydroxylation is 2. The Balaban J connectivity index is 0.000000144. The van der Waals surface area contributed by atoms with Crippen molar-refractivity contribution in [3.05, 3.63) is 11.6 Å². The molecule has 4 atom stereocenters. The van der Waals surface area contributed by atoms with Crippen molar-refractivity contribution in [3.8, 4) is 0 Å². The Kier molecular flexibility index (Phi) is 12.9. The molecule has 2 saturated carbocycles. The zero-order valence-electron chi connectivity index (χ0n) is 36.6. The number of carbonyl (C=O) groups excluding carboxylic acids is 2. The zero-order valence-corrected chi connectivity index (χ0v) is 36.6. The van der Waals surface area contributed by atoms with Crippen molar-refractivity contribution in [2.45, 2.75) is 198 Å². The van der Waals surface area contributed by atoms with Crippen LogP contribution < -0.4 is 20.9 Å². The summed E-state index contributed by atoms with van der Waals surface area (Å²) >= 11 is 0. The average molecular weight is 821 g/mol. The summed E-state index contributed by atoms with van der Waals surface area (Å²) in [5, 5.41) is 11.3. The van der Waals surface area contributed by atoms with Gasteiger partial charge in [0.25, 0.3) is 0 Å². The molecule has 2 aromatic rings. The number of fused-ring (bicyclic) bond motifs is 4. The van der Waals surface area contributed by atoms with Crippen molar-refractivity contribution in [2.75, 3.05) is 42.6 Å². The number of nitrogens with zero attached hydrogens (tertiary/aromatic N) is 8. The van der Waals surface area contributed by atoms with Crippen LogP contribution in [-0.4, -0.2) is 122 Å². The molecule has 2 aliphatic carbocycles. The molecule has 328 valence electrons. The molecule has 10 rings (SSSR count). The first-order valence-corrected chi connectivity index (χ1v) is 23.3. The van der Waals surface area contributed by atoms with Crippen LogP contribution in [0.4, 0.5) is 12.0 Å². The van der Waals surface area contributed by atoms with Gasteiger partial charge in [0, 0.05) is 53.2 Å². The average Bonchev–Trinajstić information content (AvgIpc) is 3.96. The smallest absolute Gasteiger partial charge is 0.324 e. The van der Waals surface area contributed by atoms with Crippen molar-refractivity contribution in [2.24, 2.45) is 17.6 Å². The summed E-state index contributed by atoms with van der Waals surface area (Å²) in [6, 6.07) is 4.70. The fraction of sp³-hybridized carbons (Fsp3) is 0.864. The van der Waals surface area contributed by atoms with E-state index in [1.807, 2.05) is 20.8 Å². The predicted molar refractivity (Wildman–Crippen MR) is 225 cm³/mol. The van der Waals surface area contributed by atoms with Gasteiger partial charge in [0.05, 0.1) is 12.5 Å². The van der Waals surface area contributed by atoms with Gasteiger partial charge in [-0.15, -0.1) is 0 Å². The van der Waals surface area contributed by atoms with Crippen LogP contribution in [0.25, 0.3) is 0 Å². The van der Waals surface area contributed by atoms with Gasteiger partial charge < -0.3 is 44.4 Å². The molecule has 1 amide bonds. The first-order valence-electron chi connectivity index (χ1n) is 23.3. The highest BCUT2D eigenvalue weighted by Gasteiger charge is 2.47. The van der Waals surface area contributed by atoms with E-state index in [0.717, 1.165) is 77.5 Å². The first-order chi connectivity index (χ1) is 28.4. The van der Waals surface area contributed by atoms with E-state index in [9.17, 15) is 9.59 Å². The second-order valence-electron chi connectivity index (χ2n) is 19.9. The molecule has 3 N–H and O–H groups in total. The Hall–Kier alpha value is -3.30. The van der Waals surface area contributed by atoms with Crippen molar-refractivity contribution in [1.29, 1.82) is 0 Å². The molecule has 0 radical (unpaired) electrons. The van der Waals surface area contributed by atoms with Gasteiger partial charge in [0.15, 0.2) is 11.6 Å². The number of piperidine rings is 4. The molecule has 6 aliphatic heterocycles. The van der Waals surface area contributed by atoms with Crippen LogP contribution in [0.15, 0.2) is 9.05 Å². The largest absolute Gasteiger partial charge is 0.466 e. The number of hydrogen-bond acceptors (Lipinski definition) is 14. The second-order valence-corrected chi connectivity index (χ2v) is 19.9. The van der Waals surface area contributed by atoms with Gasteiger partial charge in [-0.25, -0.2) is 0 Å². The molecule has 8 fully saturated rings. The summed E-state index contributed by atoms with van der Waals surface area (Å²) in [6.45, 7) is 14.5. The zero-order chi connectivity index (χ0) is 41.3. The highest BCUT2D eigenvalue weighted by molar-refractivity contribution is 5.79. The van der Waals surface area contributed by atoms with Crippen LogP contribution in [0.1, 0.15) is 148 Å². The van der Waals surface area contributed by atoms with Gasteiger partial charge in [-0.1, -0.05) is 10.3 Å². The highest BCUT2D eigenvalue weighted by Crippen LogP contribution is 2.43. The van der Waals surface area contributed by atoms with Crippen LogP contribution in [0.2, 0.25) is 0 Å². The number of ether oxygens (including phenoxy) is 1.